The Kier molecular flexibility index (Phi) is 5.13. The van der Waals surface area contributed by atoms with Crippen LogP contribution in [0.15, 0.2) is 30.5 Å². The number of halogens is 1. The molecule has 8 nitrogen and oxygen atoms in total. The fourth-order valence-electron chi connectivity index (χ4n) is 3.33. The molecule has 0 radical (unpaired) electrons. The molecule has 0 aliphatic carbocycles. The van der Waals surface area contributed by atoms with E-state index in [1.54, 1.807) is 22.8 Å². The summed E-state index contributed by atoms with van der Waals surface area (Å²) in [5, 5.41) is 4.78. The molecule has 1 aromatic carbocycles. The van der Waals surface area contributed by atoms with Crippen LogP contribution in [0, 0.1) is 0 Å². The van der Waals surface area contributed by atoms with Gasteiger partial charge in [0, 0.05) is 26.1 Å². The molecule has 2 aliphatic rings. The van der Waals surface area contributed by atoms with Crippen molar-refractivity contribution in [3.05, 3.63) is 41.2 Å². The summed E-state index contributed by atoms with van der Waals surface area (Å²) >= 11 is 6.22. The van der Waals surface area contributed by atoms with Crippen LogP contribution in [0.5, 0.6) is 11.5 Å². The van der Waals surface area contributed by atoms with Gasteiger partial charge < -0.3 is 19.1 Å². The number of hydrogen-bond acceptors (Lipinski definition) is 6. The summed E-state index contributed by atoms with van der Waals surface area (Å²) < 4.78 is 18.5. The van der Waals surface area contributed by atoms with Crippen LogP contribution in [0.2, 0.25) is 5.02 Å². The van der Waals surface area contributed by atoms with E-state index in [1.165, 1.54) is 0 Å². The third-order valence-corrected chi connectivity index (χ3v) is 4.97. The number of aryl methyl sites for hydroxylation is 1. The fourth-order valence-corrected chi connectivity index (χ4v) is 3.57. The van der Waals surface area contributed by atoms with Gasteiger partial charge in [-0.3, -0.25) is 14.3 Å². The number of esters is 1. The first kappa shape index (κ1) is 18.6. The number of fused-ring (bicyclic) bond motifs is 1. The number of amides is 1. The standard InChI is InChI=1S/C19H20ClN3O5/c1-22-9-13(20)14(21-22)10-23(19(25)17-6-7-18(24)28-17)8-12-11-26-15-4-2-3-5-16(15)27-12/h2-5,9,12,17H,6-8,10-11H2,1H3/t12-,17-/m1/s1. The fraction of sp³-hybridized carbons (Fsp3) is 0.421. The molecule has 0 N–H and O–H groups in total. The Bertz CT molecular complexity index is 899. The first-order chi connectivity index (χ1) is 13.5. The predicted molar refractivity (Wildman–Crippen MR) is 99.1 cm³/mol. The number of cyclic esters (lactones) is 1. The monoisotopic (exact) mass is 405 g/mol. The molecule has 1 amide bonds. The lowest BCUT2D eigenvalue weighted by molar-refractivity contribution is -0.154. The average molecular weight is 406 g/mol. The second kappa shape index (κ2) is 7.71. The molecule has 1 saturated heterocycles. The Balaban J connectivity index is 1.52. The quantitative estimate of drug-likeness (QED) is 0.707. The van der Waals surface area contributed by atoms with Crippen molar-refractivity contribution in [3.63, 3.8) is 0 Å². The maximum absolute atomic E-state index is 13.0. The molecule has 1 fully saturated rings. The van der Waals surface area contributed by atoms with Crippen LogP contribution in [0.25, 0.3) is 0 Å². The van der Waals surface area contributed by atoms with Gasteiger partial charge >= 0.3 is 5.97 Å². The van der Waals surface area contributed by atoms with Gasteiger partial charge in [0.15, 0.2) is 23.7 Å². The zero-order valence-corrected chi connectivity index (χ0v) is 16.1. The first-order valence-electron chi connectivity index (χ1n) is 9.04. The van der Waals surface area contributed by atoms with E-state index >= 15 is 0 Å². The lowest BCUT2D eigenvalue weighted by Crippen LogP contribution is -2.46. The number of ether oxygens (including phenoxy) is 3. The molecule has 148 valence electrons. The lowest BCUT2D eigenvalue weighted by atomic mass is 10.2. The van der Waals surface area contributed by atoms with Crippen LogP contribution in [0.4, 0.5) is 0 Å². The molecule has 2 atom stereocenters. The molecule has 1 aromatic heterocycles. The van der Waals surface area contributed by atoms with Gasteiger partial charge in [0.05, 0.1) is 18.1 Å². The van der Waals surface area contributed by atoms with Gasteiger partial charge in [-0.1, -0.05) is 23.7 Å². The Hall–Kier alpha value is -2.74. The van der Waals surface area contributed by atoms with Crippen LogP contribution >= 0.6 is 11.6 Å². The molecule has 0 saturated carbocycles. The van der Waals surface area contributed by atoms with E-state index in [4.69, 9.17) is 25.8 Å². The van der Waals surface area contributed by atoms with Crippen LogP contribution in [-0.2, 0) is 27.9 Å². The van der Waals surface area contributed by atoms with E-state index in [2.05, 4.69) is 5.10 Å². The van der Waals surface area contributed by atoms with Crippen LogP contribution < -0.4 is 9.47 Å². The third kappa shape index (κ3) is 3.91. The maximum atomic E-state index is 13.0. The van der Waals surface area contributed by atoms with Gasteiger partial charge in [0.25, 0.3) is 5.91 Å². The molecule has 0 unspecified atom stereocenters. The van der Waals surface area contributed by atoms with E-state index in [9.17, 15) is 9.59 Å². The largest absolute Gasteiger partial charge is 0.486 e. The van der Waals surface area contributed by atoms with Crippen molar-refractivity contribution in [2.45, 2.75) is 31.6 Å². The number of para-hydroxylation sites is 2. The summed E-state index contributed by atoms with van der Waals surface area (Å²) in [7, 11) is 1.76. The Morgan fingerprint density at radius 3 is 2.79 bits per heavy atom. The highest BCUT2D eigenvalue weighted by Gasteiger charge is 2.35. The summed E-state index contributed by atoms with van der Waals surface area (Å²) in [5.74, 6) is 0.666. The zero-order valence-electron chi connectivity index (χ0n) is 15.3. The number of rotatable bonds is 5. The van der Waals surface area contributed by atoms with Crippen molar-refractivity contribution in [2.24, 2.45) is 7.05 Å². The molecule has 9 heteroatoms. The topological polar surface area (TPSA) is 82.9 Å². The van der Waals surface area contributed by atoms with E-state index < -0.39 is 6.10 Å². The van der Waals surface area contributed by atoms with Crippen LogP contribution in [0.3, 0.4) is 0 Å². The highest BCUT2D eigenvalue weighted by atomic mass is 35.5. The van der Waals surface area contributed by atoms with Crippen molar-refractivity contribution < 1.29 is 23.8 Å². The third-order valence-electron chi connectivity index (χ3n) is 4.66. The normalized spacial score (nSPS) is 20.7. The smallest absolute Gasteiger partial charge is 0.306 e. The molecule has 28 heavy (non-hydrogen) atoms. The van der Waals surface area contributed by atoms with Crippen LogP contribution in [0.1, 0.15) is 18.5 Å². The molecular weight excluding hydrogens is 386 g/mol. The predicted octanol–water partition coefficient (Wildman–Crippen LogP) is 1.95. The van der Waals surface area contributed by atoms with Crippen LogP contribution in [-0.4, -0.2) is 51.9 Å². The zero-order chi connectivity index (χ0) is 19.7. The molecule has 0 spiro atoms. The minimum Gasteiger partial charge on any atom is -0.486 e. The molecule has 2 aromatic rings. The summed E-state index contributed by atoms with van der Waals surface area (Å²) in [5.41, 5.74) is 0.568. The number of carbonyl (C=O) groups excluding carboxylic acids is 2. The van der Waals surface area contributed by atoms with E-state index in [-0.39, 0.29) is 37.5 Å². The number of hydrogen-bond donors (Lipinski definition) is 0. The van der Waals surface area contributed by atoms with E-state index in [1.807, 2.05) is 24.3 Å². The van der Waals surface area contributed by atoms with Crippen molar-refractivity contribution in [1.82, 2.24) is 14.7 Å². The van der Waals surface area contributed by atoms with Gasteiger partial charge in [-0.25, -0.2) is 0 Å². The van der Waals surface area contributed by atoms with Gasteiger partial charge in [0.1, 0.15) is 12.3 Å². The SMILES string of the molecule is Cn1cc(Cl)c(CN(C[C@@H]2COc3ccccc3O2)C(=O)[C@H]2CCC(=O)O2)n1. The number of aromatic nitrogens is 2. The second-order valence-corrected chi connectivity index (χ2v) is 7.24. The average Bonchev–Trinajstić information content (AvgIpc) is 3.25. The molecular formula is C19H20ClN3O5. The minimum absolute atomic E-state index is 0.189. The molecule has 2 aliphatic heterocycles. The number of carbonyl (C=O) groups is 2. The Morgan fingerprint density at radius 1 is 1.32 bits per heavy atom. The highest BCUT2D eigenvalue weighted by molar-refractivity contribution is 6.31. The Morgan fingerprint density at radius 2 is 2.11 bits per heavy atom. The summed E-state index contributed by atoms with van der Waals surface area (Å²) in [6, 6.07) is 7.39. The van der Waals surface area contributed by atoms with Gasteiger partial charge in [-0.05, 0) is 12.1 Å². The van der Waals surface area contributed by atoms with E-state index in [0.717, 1.165) is 0 Å². The molecule has 3 heterocycles. The van der Waals surface area contributed by atoms with Crippen molar-refractivity contribution >= 4 is 23.5 Å². The van der Waals surface area contributed by atoms with E-state index in [0.29, 0.717) is 35.2 Å². The number of nitrogens with zero attached hydrogens (tertiary/aromatic N) is 3. The van der Waals surface area contributed by atoms with Gasteiger partial charge in [-0.2, -0.15) is 5.10 Å². The van der Waals surface area contributed by atoms with Gasteiger partial charge in [0.2, 0.25) is 0 Å². The Labute approximate surface area is 166 Å². The highest BCUT2D eigenvalue weighted by Crippen LogP contribution is 2.31. The first-order valence-corrected chi connectivity index (χ1v) is 9.42. The summed E-state index contributed by atoms with van der Waals surface area (Å²) in [4.78, 5) is 26.0. The maximum Gasteiger partial charge on any atom is 0.306 e. The summed E-state index contributed by atoms with van der Waals surface area (Å²) in [6.07, 6.45) is 1.14. The van der Waals surface area contributed by atoms with Gasteiger partial charge in [-0.15, -0.1) is 0 Å². The van der Waals surface area contributed by atoms with Crippen molar-refractivity contribution in [3.8, 4) is 11.5 Å². The summed E-state index contributed by atoms with van der Waals surface area (Å²) in [6.45, 7) is 0.753. The van der Waals surface area contributed by atoms with Crippen molar-refractivity contribution in [2.75, 3.05) is 13.2 Å². The minimum atomic E-state index is -0.785. The van der Waals surface area contributed by atoms with Crippen molar-refractivity contribution in [1.29, 1.82) is 0 Å². The second-order valence-electron chi connectivity index (χ2n) is 6.83. The number of benzene rings is 1. The lowest BCUT2D eigenvalue weighted by Gasteiger charge is -2.32. The molecule has 0 bridgehead atoms. The molecule has 4 rings (SSSR count).